The average molecular weight is 427 g/mol. The average Bonchev–Trinajstić information content (AvgIpc) is 2.79. The van der Waals surface area contributed by atoms with Crippen LogP contribution in [0.5, 0.6) is 0 Å². The first-order valence-electron chi connectivity index (χ1n) is 12.0. The van der Waals surface area contributed by atoms with Crippen LogP contribution >= 0.6 is 0 Å². The summed E-state index contributed by atoms with van der Waals surface area (Å²) in [5, 5.41) is 0. The second-order valence-corrected chi connectivity index (χ2v) is 7.54. The van der Waals surface area contributed by atoms with Crippen LogP contribution < -0.4 is 0 Å². The van der Waals surface area contributed by atoms with E-state index >= 15 is 0 Å². The predicted molar refractivity (Wildman–Crippen MR) is 144 cm³/mol. The maximum atomic E-state index is 11.0. The van der Waals surface area contributed by atoms with Crippen molar-refractivity contribution < 1.29 is 4.79 Å². The van der Waals surface area contributed by atoms with Gasteiger partial charge >= 0.3 is 0 Å². The number of benzene rings is 2. The van der Waals surface area contributed by atoms with Crippen molar-refractivity contribution in [1.82, 2.24) is 0 Å². The summed E-state index contributed by atoms with van der Waals surface area (Å²) in [7, 11) is 0. The molecule has 0 fully saturated rings. The molecular formula is C30H50O. The molecule has 0 unspecified atom stereocenters. The molecule has 2 aromatic carbocycles. The molecule has 0 aliphatic rings. The third-order valence-corrected chi connectivity index (χ3v) is 4.32. The third kappa shape index (κ3) is 15.3. The quantitative estimate of drug-likeness (QED) is 0.446. The van der Waals surface area contributed by atoms with Gasteiger partial charge in [0.2, 0.25) is 0 Å². The molecule has 2 rings (SSSR count). The SMILES string of the molecule is CC.CC.CC.CC(=O)/C(C)=C/c1ccccc1C.CCc1cccc(C(C)(C)C)c1. The Morgan fingerprint density at radius 2 is 1.35 bits per heavy atom. The minimum absolute atomic E-state index is 0.128. The van der Waals surface area contributed by atoms with E-state index in [0.717, 1.165) is 17.6 Å². The smallest absolute Gasteiger partial charge is 0.155 e. The van der Waals surface area contributed by atoms with E-state index in [1.54, 1.807) is 6.92 Å². The minimum Gasteiger partial charge on any atom is -0.295 e. The number of rotatable bonds is 3. The molecule has 0 N–H and O–H groups in total. The number of aryl methyl sites for hydroxylation is 2. The molecule has 0 aromatic heterocycles. The molecule has 1 heteroatoms. The van der Waals surface area contributed by atoms with Crippen LogP contribution in [-0.2, 0) is 16.6 Å². The van der Waals surface area contributed by atoms with Crippen molar-refractivity contribution >= 4 is 11.9 Å². The Morgan fingerprint density at radius 3 is 1.77 bits per heavy atom. The summed E-state index contributed by atoms with van der Waals surface area (Å²) >= 11 is 0. The molecule has 0 aliphatic carbocycles. The van der Waals surface area contributed by atoms with Crippen LogP contribution in [0.15, 0.2) is 54.1 Å². The van der Waals surface area contributed by atoms with Crippen LogP contribution in [0.2, 0.25) is 0 Å². The van der Waals surface area contributed by atoms with Gasteiger partial charge in [-0.05, 0) is 66.5 Å². The monoisotopic (exact) mass is 426 g/mol. The Kier molecular flexibility index (Phi) is 21.4. The first-order valence-corrected chi connectivity index (χ1v) is 12.0. The molecule has 0 radical (unpaired) electrons. The van der Waals surface area contributed by atoms with Crippen LogP contribution in [-0.4, -0.2) is 5.78 Å². The summed E-state index contributed by atoms with van der Waals surface area (Å²) < 4.78 is 0. The molecule has 1 nitrogen and oxygen atoms in total. The maximum absolute atomic E-state index is 11.0. The number of allylic oxidation sites excluding steroid dienone is 1. The summed E-state index contributed by atoms with van der Waals surface area (Å²) in [6.45, 7) is 26.4. The van der Waals surface area contributed by atoms with E-state index in [1.165, 1.54) is 16.7 Å². The predicted octanol–water partition coefficient (Wildman–Crippen LogP) is 9.61. The topological polar surface area (TPSA) is 17.1 Å². The van der Waals surface area contributed by atoms with Gasteiger partial charge in [-0.1, -0.05) is 118 Å². The summed E-state index contributed by atoms with van der Waals surface area (Å²) in [5.74, 6) is 0.128. The lowest BCUT2D eigenvalue weighted by Gasteiger charge is -2.19. The van der Waals surface area contributed by atoms with Crippen LogP contribution in [0.25, 0.3) is 6.08 Å². The molecule has 0 bridgehead atoms. The summed E-state index contributed by atoms with van der Waals surface area (Å²) in [6.07, 6.45) is 3.06. The van der Waals surface area contributed by atoms with Gasteiger partial charge in [-0.25, -0.2) is 0 Å². The fourth-order valence-corrected chi connectivity index (χ4v) is 2.34. The standard InChI is InChI=1S/C12H14O.C12H18.3C2H6/c1-9-6-4-5-7-12(9)8-10(2)11(3)13;1-5-10-7-6-8-11(9-10)12(2,3)4;3*1-2/h4-8H,1-3H3;6-9H,5H2,1-4H3;3*1-2H3/b10-8+;;;;. The highest BCUT2D eigenvalue weighted by molar-refractivity contribution is 5.97. The zero-order chi connectivity index (χ0) is 25.0. The summed E-state index contributed by atoms with van der Waals surface area (Å²) in [6, 6.07) is 16.9. The van der Waals surface area contributed by atoms with Gasteiger partial charge < -0.3 is 0 Å². The Balaban J connectivity index is -0.000000408. The van der Waals surface area contributed by atoms with Crippen LogP contribution in [0.1, 0.15) is 105 Å². The Bertz CT molecular complexity index is 730. The lowest BCUT2D eigenvalue weighted by Crippen LogP contribution is -2.10. The highest BCUT2D eigenvalue weighted by Gasteiger charge is 2.12. The largest absolute Gasteiger partial charge is 0.295 e. The zero-order valence-electron chi connectivity index (χ0n) is 22.8. The first-order chi connectivity index (χ1) is 14.6. The second-order valence-electron chi connectivity index (χ2n) is 7.54. The van der Waals surface area contributed by atoms with Gasteiger partial charge in [0.05, 0.1) is 0 Å². The zero-order valence-corrected chi connectivity index (χ0v) is 22.8. The van der Waals surface area contributed by atoms with Gasteiger partial charge in [-0.15, -0.1) is 0 Å². The van der Waals surface area contributed by atoms with E-state index in [9.17, 15) is 4.79 Å². The van der Waals surface area contributed by atoms with Gasteiger partial charge in [0, 0.05) is 0 Å². The van der Waals surface area contributed by atoms with Gasteiger partial charge in [0.25, 0.3) is 0 Å². The molecule has 0 heterocycles. The van der Waals surface area contributed by atoms with E-state index in [4.69, 9.17) is 0 Å². The van der Waals surface area contributed by atoms with E-state index in [0.29, 0.717) is 0 Å². The van der Waals surface area contributed by atoms with Gasteiger partial charge in [-0.2, -0.15) is 0 Å². The van der Waals surface area contributed by atoms with Crippen molar-refractivity contribution in [3.8, 4) is 0 Å². The third-order valence-electron chi connectivity index (χ3n) is 4.32. The number of carbonyl (C=O) groups excluding carboxylic acids is 1. The minimum atomic E-state index is 0.128. The molecule has 0 saturated heterocycles. The van der Waals surface area contributed by atoms with Crippen molar-refractivity contribution in [2.24, 2.45) is 0 Å². The fourth-order valence-electron chi connectivity index (χ4n) is 2.34. The van der Waals surface area contributed by atoms with Gasteiger partial charge in [0.1, 0.15) is 0 Å². The lowest BCUT2D eigenvalue weighted by molar-refractivity contribution is -0.113. The Labute approximate surface area is 195 Å². The summed E-state index contributed by atoms with van der Waals surface area (Å²) in [4.78, 5) is 11.0. The van der Waals surface area contributed by atoms with Crippen LogP contribution in [0.4, 0.5) is 0 Å². The number of ketones is 1. The van der Waals surface area contributed by atoms with E-state index in [2.05, 4.69) is 52.0 Å². The number of carbonyl (C=O) groups is 1. The van der Waals surface area contributed by atoms with Crippen molar-refractivity contribution in [2.45, 2.75) is 102 Å². The van der Waals surface area contributed by atoms with Gasteiger partial charge in [-0.3, -0.25) is 4.79 Å². The van der Waals surface area contributed by atoms with Crippen molar-refractivity contribution in [3.63, 3.8) is 0 Å². The number of Topliss-reactive ketones (excluding diaryl/α,β-unsaturated/α-hetero) is 1. The van der Waals surface area contributed by atoms with Crippen LogP contribution in [0, 0.1) is 6.92 Å². The molecule has 0 atom stereocenters. The second kappa shape index (κ2) is 19.8. The lowest BCUT2D eigenvalue weighted by atomic mass is 9.86. The highest BCUT2D eigenvalue weighted by atomic mass is 16.1. The molecule has 176 valence electrons. The Morgan fingerprint density at radius 1 is 0.839 bits per heavy atom. The van der Waals surface area contributed by atoms with Gasteiger partial charge in [0.15, 0.2) is 5.78 Å². The molecule has 0 spiro atoms. The number of hydrogen-bond donors (Lipinski definition) is 0. The number of hydrogen-bond acceptors (Lipinski definition) is 1. The molecule has 0 saturated carbocycles. The van der Waals surface area contributed by atoms with Crippen molar-refractivity contribution in [2.75, 3.05) is 0 Å². The molecule has 0 aliphatic heterocycles. The van der Waals surface area contributed by atoms with E-state index in [-0.39, 0.29) is 11.2 Å². The molecule has 0 amide bonds. The normalized spacial score (nSPS) is 9.90. The van der Waals surface area contributed by atoms with Crippen molar-refractivity contribution in [3.05, 3.63) is 76.4 Å². The van der Waals surface area contributed by atoms with E-state index in [1.807, 2.05) is 85.7 Å². The molecular weight excluding hydrogens is 376 g/mol. The Hall–Kier alpha value is -2.15. The summed E-state index contributed by atoms with van der Waals surface area (Å²) in [5.41, 5.74) is 6.27. The highest BCUT2D eigenvalue weighted by Crippen LogP contribution is 2.22. The molecule has 31 heavy (non-hydrogen) atoms. The fraction of sp³-hybridized carbons (Fsp3) is 0.500. The molecule has 2 aromatic rings. The maximum Gasteiger partial charge on any atom is 0.155 e. The first kappa shape index (κ1) is 33.5. The van der Waals surface area contributed by atoms with Crippen molar-refractivity contribution in [1.29, 1.82) is 0 Å². The van der Waals surface area contributed by atoms with E-state index < -0.39 is 0 Å². The van der Waals surface area contributed by atoms with Crippen LogP contribution in [0.3, 0.4) is 0 Å².